The minimum absolute atomic E-state index is 0.347. The van der Waals surface area contributed by atoms with Gasteiger partial charge in [0.1, 0.15) is 15.8 Å². The zero-order valence-electron chi connectivity index (χ0n) is 7.00. The van der Waals surface area contributed by atoms with E-state index in [0.717, 1.165) is 0 Å². The van der Waals surface area contributed by atoms with Gasteiger partial charge in [-0.2, -0.15) is 0 Å². The highest BCUT2D eigenvalue weighted by Gasteiger charge is 2.07. The topological polar surface area (TPSA) is 38.9 Å². The zero-order chi connectivity index (χ0) is 10.1. The number of nitrogens with two attached hydrogens (primary N) is 1. The van der Waals surface area contributed by atoms with Gasteiger partial charge in [-0.25, -0.2) is 9.37 Å². The van der Waals surface area contributed by atoms with Crippen LogP contribution in [0.5, 0.6) is 0 Å². The lowest BCUT2D eigenvalue weighted by Gasteiger charge is -1.99. The summed E-state index contributed by atoms with van der Waals surface area (Å²) in [6.07, 6.45) is 1.56. The molecule has 0 saturated heterocycles. The summed E-state index contributed by atoms with van der Waals surface area (Å²) in [6.45, 7) is 0. The van der Waals surface area contributed by atoms with Crippen molar-refractivity contribution in [1.82, 2.24) is 4.98 Å². The first-order valence-corrected chi connectivity index (χ1v) is 5.03. The maximum atomic E-state index is 12.7. The SMILES string of the molecule is Nc1cnc(-c2ccc(F)cc2Cl)s1. The first-order chi connectivity index (χ1) is 6.66. The molecule has 2 nitrogen and oxygen atoms in total. The molecule has 1 aromatic heterocycles. The van der Waals surface area contributed by atoms with Crippen molar-refractivity contribution < 1.29 is 4.39 Å². The first kappa shape index (κ1) is 9.43. The van der Waals surface area contributed by atoms with Crippen molar-refractivity contribution >= 4 is 27.9 Å². The molecule has 2 rings (SSSR count). The monoisotopic (exact) mass is 228 g/mol. The molecule has 0 saturated carbocycles. The van der Waals surface area contributed by atoms with Crippen LogP contribution in [0.4, 0.5) is 9.39 Å². The van der Waals surface area contributed by atoms with Crippen LogP contribution in [0.3, 0.4) is 0 Å². The van der Waals surface area contributed by atoms with Crippen molar-refractivity contribution in [2.75, 3.05) is 5.73 Å². The second-order valence-electron chi connectivity index (χ2n) is 2.69. The molecule has 0 fully saturated rings. The number of anilines is 1. The molecule has 14 heavy (non-hydrogen) atoms. The van der Waals surface area contributed by atoms with Crippen LogP contribution in [0.15, 0.2) is 24.4 Å². The van der Waals surface area contributed by atoms with Gasteiger partial charge in [0.15, 0.2) is 0 Å². The highest BCUT2D eigenvalue weighted by Crippen LogP contribution is 2.32. The summed E-state index contributed by atoms with van der Waals surface area (Å²) in [6, 6.07) is 4.20. The van der Waals surface area contributed by atoms with E-state index in [4.69, 9.17) is 17.3 Å². The van der Waals surface area contributed by atoms with E-state index in [2.05, 4.69) is 4.98 Å². The second kappa shape index (κ2) is 3.55. The summed E-state index contributed by atoms with van der Waals surface area (Å²) in [4.78, 5) is 4.06. The molecule has 1 heterocycles. The van der Waals surface area contributed by atoms with E-state index >= 15 is 0 Å². The van der Waals surface area contributed by atoms with Gasteiger partial charge >= 0.3 is 0 Å². The molecule has 2 N–H and O–H groups in total. The molecule has 1 aromatic carbocycles. The molecule has 0 aliphatic rings. The number of aromatic nitrogens is 1. The molecule has 0 bridgehead atoms. The molecule has 0 atom stereocenters. The number of halogens is 2. The van der Waals surface area contributed by atoms with Gasteiger partial charge in [-0.1, -0.05) is 22.9 Å². The van der Waals surface area contributed by atoms with Gasteiger partial charge in [-0.05, 0) is 18.2 Å². The molecule has 0 aliphatic carbocycles. The van der Waals surface area contributed by atoms with E-state index in [9.17, 15) is 4.39 Å². The standard InChI is InChI=1S/C9H6ClFN2S/c10-7-3-5(11)1-2-6(7)9-13-4-8(12)14-9/h1-4H,12H2. The van der Waals surface area contributed by atoms with Crippen molar-refractivity contribution in [2.24, 2.45) is 0 Å². The fourth-order valence-corrected chi connectivity index (χ4v) is 2.11. The van der Waals surface area contributed by atoms with E-state index in [1.165, 1.54) is 23.5 Å². The van der Waals surface area contributed by atoms with E-state index in [-0.39, 0.29) is 5.82 Å². The van der Waals surface area contributed by atoms with E-state index in [1.54, 1.807) is 12.3 Å². The number of hydrogen-bond acceptors (Lipinski definition) is 3. The average molecular weight is 229 g/mol. The third kappa shape index (κ3) is 1.71. The minimum Gasteiger partial charge on any atom is -0.389 e. The lowest BCUT2D eigenvalue weighted by atomic mass is 10.2. The van der Waals surface area contributed by atoms with E-state index in [1.807, 2.05) is 0 Å². The predicted octanol–water partition coefficient (Wildman–Crippen LogP) is 3.18. The van der Waals surface area contributed by atoms with Crippen LogP contribution < -0.4 is 5.73 Å². The summed E-state index contributed by atoms with van der Waals surface area (Å²) < 4.78 is 12.7. The van der Waals surface area contributed by atoms with Gasteiger partial charge in [0.05, 0.1) is 11.2 Å². The number of thiazole rings is 1. The third-order valence-electron chi connectivity index (χ3n) is 1.69. The van der Waals surface area contributed by atoms with Crippen LogP contribution in [0, 0.1) is 5.82 Å². The fraction of sp³-hybridized carbons (Fsp3) is 0. The molecule has 2 aromatic rings. The Morgan fingerprint density at radius 2 is 2.21 bits per heavy atom. The number of benzene rings is 1. The Kier molecular flexibility index (Phi) is 2.39. The number of nitrogens with zero attached hydrogens (tertiary/aromatic N) is 1. The van der Waals surface area contributed by atoms with Crippen molar-refractivity contribution in [3.8, 4) is 10.6 Å². The predicted molar refractivity (Wildman–Crippen MR) is 56.9 cm³/mol. The molecule has 0 unspecified atom stereocenters. The summed E-state index contributed by atoms with van der Waals surface area (Å²) >= 11 is 7.18. The molecule has 5 heteroatoms. The van der Waals surface area contributed by atoms with Gasteiger partial charge in [-0.3, -0.25) is 0 Å². The van der Waals surface area contributed by atoms with Crippen molar-refractivity contribution in [3.63, 3.8) is 0 Å². The van der Waals surface area contributed by atoms with Crippen molar-refractivity contribution in [1.29, 1.82) is 0 Å². The Bertz CT molecular complexity index is 470. The summed E-state index contributed by atoms with van der Waals surface area (Å²) in [7, 11) is 0. The van der Waals surface area contributed by atoms with Crippen LogP contribution in [0.2, 0.25) is 5.02 Å². The second-order valence-corrected chi connectivity index (χ2v) is 4.16. The maximum absolute atomic E-state index is 12.7. The third-order valence-corrected chi connectivity index (χ3v) is 2.86. The molecular formula is C9H6ClFN2S. The van der Waals surface area contributed by atoms with E-state index < -0.39 is 0 Å². The Morgan fingerprint density at radius 3 is 2.79 bits per heavy atom. The summed E-state index contributed by atoms with van der Waals surface area (Å²) in [5.74, 6) is -0.358. The van der Waals surface area contributed by atoms with E-state index in [0.29, 0.717) is 20.6 Å². The van der Waals surface area contributed by atoms with Gasteiger partial charge in [0.2, 0.25) is 0 Å². The molecule has 0 radical (unpaired) electrons. The van der Waals surface area contributed by atoms with Crippen LogP contribution >= 0.6 is 22.9 Å². The Labute approximate surface area is 89.2 Å². The Morgan fingerprint density at radius 1 is 1.43 bits per heavy atom. The van der Waals surface area contributed by atoms with Crippen LogP contribution in [-0.2, 0) is 0 Å². The molecule has 72 valence electrons. The molecule has 0 spiro atoms. The van der Waals surface area contributed by atoms with Crippen LogP contribution in [-0.4, -0.2) is 4.98 Å². The Balaban J connectivity index is 2.52. The molecule has 0 amide bonds. The number of hydrogen-bond donors (Lipinski definition) is 1. The summed E-state index contributed by atoms with van der Waals surface area (Å²) in [5.41, 5.74) is 6.24. The van der Waals surface area contributed by atoms with Gasteiger partial charge in [0, 0.05) is 5.56 Å². The fourth-order valence-electron chi connectivity index (χ4n) is 1.07. The van der Waals surface area contributed by atoms with Crippen LogP contribution in [0.1, 0.15) is 0 Å². The first-order valence-electron chi connectivity index (χ1n) is 3.83. The largest absolute Gasteiger partial charge is 0.389 e. The quantitative estimate of drug-likeness (QED) is 0.814. The Hall–Kier alpha value is -1.13. The van der Waals surface area contributed by atoms with Gasteiger partial charge < -0.3 is 5.73 Å². The van der Waals surface area contributed by atoms with Crippen LogP contribution in [0.25, 0.3) is 10.6 Å². The highest BCUT2D eigenvalue weighted by molar-refractivity contribution is 7.18. The smallest absolute Gasteiger partial charge is 0.126 e. The minimum atomic E-state index is -0.358. The number of rotatable bonds is 1. The van der Waals surface area contributed by atoms with Crippen molar-refractivity contribution in [2.45, 2.75) is 0 Å². The average Bonchev–Trinajstić information content (AvgIpc) is 2.51. The maximum Gasteiger partial charge on any atom is 0.126 e. The lowest BCUT2D eigenvalue weighted by molar-refractivity contribution is 0.628. The summed E-state index contributed by atoms with van der Waals surface area (Å²) in [5, 5.41) is 1.66. The van der Waals surface area contributed by atoms with Gasteiger partial charge in [0.25, 0.3) is 0 Å². The van der Waals surface area contributed by atoms with Crippen molar-refractivity contribution in [3.05, 3.63) is 35.2 Å². The lowest BCUT2D eigenvalue weighted by Crippen LogP contribution is -1.79. The zero-order valence-corrected chi connectivity index (χ0v) is 8.57. The molecule has 0 aliphatic heterocycles. The number of nitrogen functional groups attached to an aromatic ring is 1. The molecular weight excluding hydrogens is 223 g/mol. The highest BCUT2D eigenvalue weighted by atomic mass is 35.5. The van der Waals surface area contributed by atoms with Gasteiger partial charge in [-0.15, -0.1) is 0 Å². The normalized spacial score (nSPS) is 10.4.